The normalized spacial score (nSPS) is 27.0. The second-order valence-corrected chi connectivity index (χ2v) is 6.15. The van der Waals surface area contributed by atoms with Gasteiger partial charge in [-0.3, -0.25) is 9.69 Å². The molecule has 3 rings (SSSR count). The predicted octanol–water partition coefficient (Wildman–Crippen LogP) is 2.87. The van der Waals surface area contributed by atoms with Gasteiger partial charge in [-0.1, -0.05) is 30.7 Å². The minimum Gasteiger partial charge on any atom is -0.481 e. The standard InChI is InChI=1S/C17H23NO2/c19-17(20)12-15-7-3-4-10-18(15)16-9-8-13-5-1-2-6-14(13)11-16/h1-2,5-6,15-16H,3-4,7-12H2,(H,19,20). The van der Waals surface area contributed by atoms with Gasteiger partial charge in [-0.15, -0.1) is 0 Å². The number of aliphatic carboxylic acids is 1. The summed E-state index contributed by atoms with van der Waals surface area (Å²) in [5.41, 5.74) is 2.94. The van der Waals surface area contributed by atoms with Crippen molar-refractivity contribution in [3.8, 4) is 0 Å². The van der Waals surface area contributed by atoms with E-state index in [-0.39, 0.29) is 6.04 Å². The third-order valence-corrected chi connectivity index (χ3v) is 4.87. The molecule has 1 saturated heterocycles. The highest BCUT2D eigenvalue weighted by Gasteiger charge is 2.32. The van der Waals surface area contributed by atoms with Gasteiger partial charge in [0, 0.05) is 12.1 Å². The molecule has 2 aliphatic rings. The summed E-state index contributed by atoms with van der Waals surface area (Å²) in [6.07, 6.45) is 7.14. The molecular weight excluding hydrogens is 250 g/mol. The molecule has 1 aliphatic carbocycles. The largest absolute Gasteiger partial charge is 0.481 e. The number of fused-ring (bicyclic) bond motifs is 1. The molecule has 1 aromatic rings. The summed E-state index contributed by atoms with van der Waals surface area (Å²) in [7, 11) is 0. The first-order chi connectivity index (χ1) is 9.74. The number of carboxylic acid groups (broad SMARTS) is 1. The van der Waals surface area contributed by atoms with Gasteiger partial charge in [-0.2, -0.15) is 0 Å². The van der Waals surface area contributed by atoms with Crippen LogP contribution in [-0.4, -0.2) is 34.6 Å². The van der Waals surface area contributed by atoms with E-state index in [1.165, 1.54) is 30.4 Å². The molecule has 3 heteroatoms. The third-order valence-electron chi connectivity index (χ3n) is 4.87. The van der Waals surface area contributed by atoms with Crippen molar-refractivity contribution in [2.75, 3.05) is 6.54 Å². The van der Waals surface area contributed by atoms with Gasteiger partial charge in [0.05, 0.1) is 6.42 Å². The molecule has 1 aromatic carbocycles. The summed E-state index contributed by atoms with van der Waals surface area (Å²) in [6.45, 7) is 1.07. The average Bonchev–Trinajstić information content (AvgIpc) is 2.47. The maximum Gasteiger partial charge on any atom is 0.304 e. The second-order valence-electron chi connectivity index (χ2n) is 6.15. The van der Waals surface area contributed by atoms with Crippen LogP contribution in [0.1, 0.15) is 43.2 Å². The lowest BCUT2D eigenvalue weighted by atomic mass is 9.85. The predicted molar refractivity (Wildman–Crippen MR) is 78.9 cm³/mol. The Bertz CT molecular complexity index is 486. The minimum absolute atomic E-state index is 0.247. The average molecular weight is 273 g/mol. The first-order valence-corrected chi connectivity index (χ1v) is 7.78. The topological polar surface area (TPSA) is 40.5 Å². The lowest BCUT2D eigenvalue weighted by Gasteiger charge is -2.42. The Morgan fingerprint density at radius 3 is 2.80 bits per heavy atom. The van der Waals surface area contributed by atoms with E-state index in [1.807, 2.05) is 0 Å². The lowest BCUT2D eigenvalue weighted by Crippen LogP contribution is -2.49. The van der Waals surface area contributed by atoms with Crippen molar-refractivity contribution in [1.29, 1.82) is 0 Å². The summed E-state index contributed by atoms with van der Waals surface area (Å²) in [5, 5.41) is 9.11. The van der Waals surface area contributed by atoms with E-state index in [9.17, 15) is 4.79 Å². The first-order valence-electron chi connectivity index (χ1n) is 7.78. The van der Waals surface area contributed by atoms with Crippen LogP contribution in [0, 0.1) is 0 Å². The molecule has 3 nitrogen and oxygen atoms in total. The van der Waals surface area contributed by atoms with Crippen LogP contribution in [0.15, 0.2) is 24.3 Å². The number of piperidine rings is 1. The van der Waals surface area contributed by atoms with E-state index in [0.717, 1.165) is 25.8 Å². The molecule has 1 N–H and O–H groups in total. The molecule has 0 spiro atoms. The van der Waals surface area contributed by atoms with E-state index in [0.29, 0.717) is 12.5 Å². The third kappa shape index (κ3) is 2.88. The van der Waals surface area contributed by atoms with Crippen LogP contribution in [-0.2, 0) is 17.6 Å². The fraction of sp³-hybridized carbons (Fsp3) is 0.588. The monoisotopic (exact) mass is 273 g/mol. The van der Waals surface area contributed by atoms with Crippen LogP contribution in [0.3, 0.4) is 0 Å². The van der Waals surface area contributed by atoms with Crippen molar-refractivity contribution in [1.82, 2.24) is 4.90 Å². The van der Waals surface area contributed by atoms with Gasteiger partial charge in [0.1, 0.15) is 0 Å². The van der Waals surface area contributed by atoms with Crippen LogP contribution >= 0.6 is 0 Å². The van der Waals surface area contributed by atoms with Crippen LogP contribution < -0.4 is 0 Å². The zero-order valence-electron chi connectivity index (χ0n) is 11.9. The fourth-order valence-corrected chi connectivity index (χ4v) is 3.89. The molecule has 1 heterocycles. The van der Waals surface area contributed by atoms with E-state index < -0.39 is 5.97 Å². The molecule has 0 bridgehead atoms. The number of nitrogens with zero attached hydrogens (tertiary/aromatic N) is 1. The van der Waals surface area contributed by atoms with Gasteiger partial charge >= 0.3 is 5.97 Å². The molecule has 108 valence electrons. The van der Waals surface area contributed by atoms with Gasteiger partial charge in [0.2, 0.25) is 0 Å². The zero-order valence-corrected chi connectivity index (χ0v) is 11.9. The summed E-state index contributed by atoms with van der Waals surface area (Å²) in [4.78, 5) is 13.6. The number of hydrogen-bond acceptors (Lipinski definition) is 2. The number of aryl methyl sites for hydroxylation is 1. The smallest absolute Gasteiger partial charge is 0.304 e. The Balaban J connectivity index is 1.73. The van der Waals surface area contributed by atoms with Crippen molar-refractivity contribution >= 4 is 5.97 Å². The molecule has 1 fully saturated rings. The Morgan fingerprint density at radius 2 is 2.00 bits per heavy atom. The molecule has 1 aliphatic heterocycles. The highest BCUT2D eigenvalue weighted by Crippen LogP contribution is 2.30. The number of hydrogen-bond donors (Lipinski definition) is 1. The van der Waals surface area contributed by atoms with Gasteiger partial charge < -0.3 is 5.11 Å². The SMILES string of the molecule is O=C(O)CC1CCCCN1C1CCc2ccccc2C1. The van der Waals surface area contributed by atoms with Crippen molar-refractivity contribution in [2.24, 2.45) is 0 Å². The van der Waals surface area contributed by atoms with Gasteiger partial charge in [0.25, 0.3) is 0 Å². The molecule has 2 unspecified atom stereocenters. The first kappa shape index (κ1) is 13.6. The fourth-order valence-electron chi connectivity index (χ4n) is 3.89. The lowest BCUT2D eigenvalue weighted by molar-refractivity contribution is -0.139. The molecule has 0 aromatic heterocycles. The maximum atomic E-state index is 11.1. The molecule has 0 saturated carbocycles. The van der Waals surface area contributed by atoms with Gasteiger partial charge in [0.15, 0.2) is 0 Å². The zero-order chi connectivity index (χ0) is 13.9. The van der Waals surface area contributed by atoms with Crippen LogP contribution in [0.5, 0.6) is 0 Å². The van der Waals surface area contributed by atoms with Crippen LogP contribution in [0.4, 0.5) is 0 Å². The van der Waals surface area contributed by atoms with Crippen LogP contribution in [0.25, 0.3) is 0 Å². The Morgan fingerprint density at radius 1 is 1.20 bits per heavy atom. The van der Waals surface area contributed by atoms with Crippen molar-refractivity contribution in [2.45, 2.75) is 57.0 Å². The molecule has 0 amide bonds. The van der Waals surface area contributed by atoms with Crippen molar-refractivity contribution in [3.05, 3.63) is 35.4 Å². The van der Waals surface area contributed by atoms with E-state index >= 15 is 0 Å². The number of benzene rings is 1. The Hall–Kier alpha value is -1.35. The second kappa shape index (κ2) is 5.96. The molecule has 20 heavy (non-hydrogen) atoms. The van der Waals surface area contributed by atoms with Gasteiger partial charge in [-0.25, -0.2) is 0 Å². The number of carboxylic acids is 1. The molecule has 0 radical (unpaired) electrons. The number of likely N-dealkylation sites (tertiary alicyclic amines) is 1. The quantitative estimate of drug-likeness (QED) is 0.920. The Kier molecular flexibility index (Phi) is 4.06. The minimum atomic E-state index is -0.655. The van der Waals surface area contributed by atoms with Crippen molar-refractivity contribution in [3.63, 3.8) is 0 Å². The van der Waals surface area contributed by atoms with E-state index in [2.05, 4.69) is 29.2 Å². The summed E-state index contributed by atoms with van der Waals surface area (Å²) in [6, 6.07) is 9.49. The summed E-state index contributed by atoms with van der Waals surface area (Å²) in [5.74, 6) is -0.655. The molecular formula is C17H23NO2. The van der Waals surface area contributed by atoms with Crippen molar-refractivity contribution < 1.29 is 9.90 Å². The maximum absolute atomic E-state index is 11.1. The Labute approximate surface area is 120 Å². The van der Waals surface area contributed by atoms with E-state index in [1.54, 1.807) is 0 Å². The van der Waals surface area contributed by atoms with Gasteiger partial charge in [-0.05, 0) is 49.8 Å². The highest BCUT2D eigenvalue weighted by atomic mass is 16.4. The highest BCUT2D eigenvalue weighted by molar-refractivity contribution is 5.67. The summed E-state index contributed by atoms with van der Waals surface area (Å²) < 4.78 is 0. The van der Waals surface area contributed by atoms with Crippen LogP contribution in [0.2, 0.25) is 0 Å². The van der Waals surface area contributed by atoms with E-state index in [4.69, 9.17) is 5.11 Å². The number of carbonyl (C=O) groups is 1. The summed E-state index contributed by atoms with van der Waals surface area (Å²) >= 11 is 0. The molecule has 2 atom stereocenters. The number of rotatable bonds is 3.